The molecule has 0 amide bonds. The molecule has 1 N–H and O–H groups in total. The minimum absolute atomic E-state index is 0.0394. The van der Waals surface area contributed by atoms with E-state index in [4.69, 9.17) is 9.47 Å². The number of esters is 1. The van der Waals surface area contributed by atoms with E-state index in [1.807, 2.05) is 0 Å². The van der Waals surface area contributed by atoms with Gasteiger partial charge in [0.05, 0.1) is 13.2 Å². The number of hydrogen-bond donors (Lipinski definition) is 1. The third-order valence-electron chi connectivity index (χ3n) is 3.66. The summed E-state index contributed by atoms with van der Waals surface area (Å²) >= 11 is 0. The van der Waals surface area contributed by atoms with Gasteiger partial charge in [-0.25, -0.2) is 0 Å². The average Bonchev–Trinajstić information content (AvgIpc) is 2.88. The summed E-state index contributed by atoms with van der Waals surface area (Å²) < 4.78 is 10.5. The van der Waals surface area contributed by atoms with Crippen LogP contribution in [0.3, 0.4) is 0 Å². The predicted octanol–water partition coefficient (Wildman–Crippen LogP) is 1.35. The molecule has 0 aromatic rings. The molecule has 0 aliphatic carbocycles. The summed E-state index contributed by atoms with van der Waals surface area (Å²) in [7, 11) is 0. The van der Waals surface area contributed by atoms with Crippen LogP contribution in [0.4, 0.5) is 0 Å². The molecule has 0 aromatic carbocycles. The summed E-state index contributed by atoms with van der Waals surface area (Å²) in [5.74, 6) is 1.05. The zero-order valence-corrected chi connectivity index (χ0v) is 10.5. The molecule has 98 valence electrons. The smallest absolute Gasteiger partial charge is 0.305 e. The second-order valence-electron chi connectivity index (χ2n) is 5.16. The monoisotopic (exact) mass is 241 g/mol. The highest BCUT2D eigenvalue weighted by molar-refractivity contribution is 5.69. The lowest BCUT2D eigenvalue weighted by atomic mass is 9.95. The Morgan fingerprint density at radius 1 is 1.35 bits per heavy atom. The van der Waals surface area contributed by atoms with Crippen LogP contribution in [0.1, 0.15) is 32.1 Å². The largest absolute Gasteiger partial charge is 0.465 e. The number of rotatable bonds is 5. The van der Waals surface area contributed by atoms with Crippen LogP contribution in [0.2, 0.25) is 0 Å². The highest BCUT2D eigenvalue weighted by atomic mass is 16.5. The fourth-order valence-electron chi connectivity index (χ4n) is 2.49. The fraction of sp³-hybridized carbons (Fsp3) is 0.923. The van der Waals surface area contributed by atoms with Crippen LogP contribution in [0.25, 0.3) is 0 Å². The zero-order chi connectivity index (χ0) is 11.9. The van der Waals surface area contributed by atoms with E-state index >= 15 is 0 Å². The molecule has 2 heterocycles. The molecule has 0 saturated carbocycles. The first-order valence-electron chi connectivity index (χ1n) is 6.78. The van der Waals surface area contributed by atoms with Gasteiger partial charge in [-0.1, -0.05) is 0 Å². The van der Waals surface area contributed by atoms with E-state index in [1.165, 1.54) is 12.8 Å². The SMILES string of the molecule is O=C(CCC1CCCNC1)OCC1CCOC1. The second kappa shape index (κ2) is 6.97. The van der Waals surface area contributed by atoms with Crippen molar-refractivity contribution >= 4 is 5.97 Å². The molecule has 17 heavy (non-hydrogen) atoms. The first-order chi connectivity index (χ1) is 8.34. The van der Waals surface area contributed by atoms with E-state index in [9.17, 15) is 4.79 Å². The van der Waals surface area contributed by atoms with Crippen molar-refractivity contribution in [2.24, 2.45) is 11.8 Å². The summed E-state index contributed by atoms with van der Waals surface area (Å²) in [4.78, 5) is 11.6. The Bertz CT molecular complexity index is 233. The van der Waals surface area contributed by atoms with Gasteiger partial charge in [0.15, 0.2) is 0 Å². The van der Waals surface area contributed by atoms with Crippen LogP contribution >= 0.6 is 0 Å². The first-order valence-corrected chi connectivity index (χ1v) is 6.78. The number of piperidine rings is 1. The van der Waals surface area contributed by atoms with Gasteiger partial charge >= 0.3 is 5.97 Å². The van der Waals surface area contributed by atoms with Crippen molar-refractivity contribution in [3.05, 3.63) is 0 Å². The van der Waals surface area contributed by atoms with E-state index in [0.717, 1.165) is 39.1 Å². The molecule has 2 saturated heterocycles. The number of carbonyl (C=O) groups excluding carboxylic acids is 1. The molecule has 2 fully saturated rings. The highest BCUT2D eigenvalue weighted by Crippen LogP contribution is 2.17. The van der Waals surface area contributed by atoms with Gasteiger partial charge in [-0.3, -0.25) is 4.79 Å². The lowest BCUT2D eigenvalue weighted by Gasteiger charge is -2.22. The second-order valence-corrected chi connectivity index (χ2v) is 5.16. The van der Waals surface area contributed by atoms with Gasteiger partial charge in [0, 0.05) is 18.9 Å². The van der Waals surface area contributed by atoms with Crippen molar-refractivity contribution in [1.82, 2.24) is 5.32 Å². The molecule has 2 rings (SSSR count). The Morgan fingerprint density at radius 2 is 2.29 bits per heavy atom. The predicted molar refractivity (Wildman–Crippen MR) is 64.7 cm³/mol. The van der Waals surface area contributed by atoms with Crippen LogP contribution in [0, 0.1) is 11.8 Å². The van der Waals surface area contributed by atoms with Crippen molar-refractivity contribution in [1.29, 1.82) is 0 Å². The first kappa shape index (κ1) is 12.8. The summed E-state index contributed by atoms with van der Waals surface area (Å²) in [6.45, 7) is 4.30. The maximum Gasteiger partial charge on any atom is 0.305 e. The Labute approximate surface area is 103 Å². The molecule has 2 atom stereocenters. The minimum Gasteiger partial charge on any atom is -0.465 e. The number of hydrogen-bond acceptors (Lipinski definition) is 4. The van der Waals surface area contributed by atoms with Gasteiger partial charge < -0.3 is 14.8 Å². The van der Waals surface area contributed by atoms with E-state index < -0.39 is 0 Å². The normalized spacial score (nSPS) is 29.2. The summed E-state index contributed by atoms with van der Waals surface area (Å²) in [5.41, 5.74) is 0. The van der Waals surface area contributed by atoms with Crippen LogP contribution in [0.15, 0.2) is 0 Å². The third-order valence-corrected chi connectivity index (χ3v) is 3.66. The molecule has 2 aliphatic rings. The minimum atomic E-state index is -0.0394. The molecular weight excluding hydrogens is 218 g/mol. The van der Waals surface area contributed by atoms with Crippen LogP contribution in [0.5, 0.6) is 0 Å². The van der Waals surface area contributed by atoms with Crippen molar-refractivity contribution < 1.29 is 14.3 Å². The molecule has 4 heteroatoms. The molecular formula is C13H23NO3. The van der Waals surface area contributed by atoms with Gasteiger partial charge in [0.2, 0.25) is 0 Å². The Kier molecular flexibility index (Phi) is 5.26. The average molecular weight is 241 g/mol. The molecule has 0 bridgehead atoms. The maximum atomic E-state index is 11.6. The molecule has 0 aromatic heterocycles. The third kappa shape index (κ3) is 4.64. The van der Waals surface area contributed by atoms with Crippen LogP contribution in [-0.4, -0.2) is 38.9 Å². The van der Waals surface area contributed by atoms with Crippen molar-refractivity contribution in [2.45, 2.75) is 32.1 Å². The van der Waals surface area contributed by atoms with Gasteiger partial charge in [-0.05, 0) is 44.7 Å². The quantitative estimate of drug-likeness (QED) is 0.738. The summed E-state index contributed by atoms with van der Waals surface area (Å²) in [6.07, 6.45) is 5.04. The molecule has 2 aliphatic heterocycles. The van der Waals surface area contributed by atoms with Gasteiger partial charge in [-0.15, -0.1) is 0 Å². The number of carbonyl (C=O) groups is 1. The molecule has 0 radical (unpaired) electrons. The Balaban J connectivity index is 1.53. The van der Waals surface area contributed by atoms with Crippen molar-refractivity contribution in [3.8, 4) is 0 Å². The summed E-state index contributed by atoms with van der Waals surface area (Å²) in [5, 5.41) is 3.37. The Morgan fingerprint density at radius 3 is 3.00 bits per heavy atom. The van der Waals surface area contributed by atoms with E-state index in [0.29, 0.717) is 24.9 Å². The standard InChI is InChI=1S/C13H23NO3/c15-13(17-10-12-5-7-16-9-12)4-3-11-2-1-6-14-8-11/h11-12,14H,1-10H2. The highest BCUT2D eigenvalue weighted by Gasteiger charge is 2.19. The number of ether oxygens (including phenoxy) is 2. The van der Waals surface area contributed by atoms with Crippen molar-refractivity contribution in [2.75, 3.05) is 32.9 Å². The van der Waals surface area contributed by atoms with Gasteiger partial charge in [-0.2, -0.15) is 0 Å². The van der Waals surface area contributed by atoms with Gasteiger partial charge in [0.25, 0.3) is 0 Å². The molecule has 2 unspecified atom stereocenters. The lowest BCUT2D eigenvalue weighted by Crippen LogP contribution is -2.30. The lowest BCUT2D eigenvalue weighted by molar-refractivity contribution is -0.145. The number of nitrogens with one attached hydrogen (secondary N) is 1. The van der Waals surface area contributed by atoms with Crippen LogP contribution in [-0.2, 0) is 14.3 Å². The fourth-order valence-corrected chi connectivity index (χ4v) is 2.49. The zero-order valence-electron chi connectivity index (χ0n) is 10.5. The van der Waals surface area contributed by atoms with E-state index in [2.05, 4.69) is 5.32 Å². The van der Waals surface area contributed by atoms with Gasteiger partial charge in [0.1, 0.15) is 0 Å². The van der Waals surface area contributed by atoms with Crippen LogP contribution < -0.4 is 5.32 Å². The Hall–Kier alpha value is -0.610. The topological polar surface area (TPSA) is 47.6 Å². The van der Waals surface area contributed by atoms with E-state index in [1.54, 1.807) is 0 Å². The van der Waals surface area contributed by atoms with Crippen molar-refractivity contribution in [3.63, 3.8) is 0 Å². The maximum absolute atomic E-state index is 11.6. The summed E-state index contributed by atoms with van der Waals surface area (Å²) in [6, 6.07) is 0. The molecule has 4 nitrogen and oxygen atoms in total. The van der Waals surface area contributed by atoms with E-state index in [-0.39, 0.29) is 5.97 Å². The molecule has 0 spiro atoms.